The van der Waals surface area contributed by atoms with Gasteiger partial charge in [-0.3, -0.25) is 9.69 Å². The standard InChI is InChI=1S/C21H29N3O3S/c1-15-5-8-19(16(2)13-15)14-24(4)17(3)21(25)23-12-11-18-6-9-20(10-7-18)28(22,26)27/h5-10,13,17H,11-12,14H2,1-4H3,(H,23,25)(H2,22,26,27). The maximum Gasteiger partial charge on any atom is 0.238 e. The van der Waals surface area contributed by atoms with Gasteiger partial charge in [0.05, 0.1) is 10.9 Å². The molecule has 0 spiro atoms. The lowest BCUT2D eigenvalue weighted by atomic mass is 10.0. The second kappa shape index (κ2) is 9.32. The summed E-state index contributed by atoms with van der Waals surface area (Å²) in [5, 5.41) is 8.03. The number of hydrogen-bond donors (Lipinski definition) is 2. The molecule has 28 heavy (non-hydrogen) atoms. The van der Waals surface area contributed by atoms with Crippen LogP contribution in [0.1, 0.15) is 29.2 Å². The maximum atomic E-state index is 12.4. The van der Waals surface area contributed by atoms with Crippen LogP contribution in [0.5, 0.6) is 0 Å². The average molecular weight is 404 g/mol. The van der Waals surface area contributed by atoms with Crippen molar-refractivity contribution in [3.8, 4) is 0 Å². The molecule has 2 aromatic rings. The highest BCUT2D eigenvalue weighted by molar-refractivity contribution is 7.89. The molecule has 1 atom stereocenters. The van der Waals surface area contributed by atoms with Crippen molar-refractivity contribution in [2.75, 3.05) is 13.6 Å². The van der Waals surface area contributed by atoms with Crippen LogP contribution in [0, 0.1) is 13.8 Å². The van der Waals surface area contributed by atoms with Crippen LogP contribution in [0.4, 0.5) is 0 Å². The van der Waals surface area contributed by atoms with Crippen molar-refractivity contribution < 1.29 is 13.2 Å². The molecule has 0 saturated carbocycles. The van der Waals surface area contributed by atoms with Gasteiger partial charge in [-0.05, 0) is 63.1 Å². The molecule has 3 N–H and O–H groups in total. The second-order valence-electron chi connectivity index (χ2n) is 7.25. The van der Waals surface area contributed by atoms with Crippen molar-refractivity contribution in [3.05, 3.63) is 64.7 Å². The number of amides is 1. The molecular formula is C21H29N3O3S. The first-order valence-electron chi connectivity index (χ1n) is 9.24. The highest BCUT2D eigenvalue weighted by Gasteiger charge is 2.18. The molecule has 1 unspecified atom stereocenters. The number of hydrogen-bond acceptors (Lipinski definition) is 4. The molecule has 0 aliphatic carbocycles. The summed E-state index contributed by atoms with van der Waals surface area (Å²) in [5.41, 5.74) is 4.60. The molecule has 0 fully saturated rings. The summed E-state index contributed by atoms with van der Waals surface area (Å²) in [7, 11) is -1.74. The molecular weight excluding hydrogens is 374 g/mol. The molecule has 1 amide bonds. The Labute approximate surface area is 167 Å². The van der Waals surface area contributed by atoms with E-state index in [4.69, 9.17) is 5.14 Å². The first-order chi connectivity index (χ1) is 13.1. The lowest BCUT2D eigenvalue weighted by molar-refractivity contribution is -0.125. The molecule has 0 heterocycles. The third-order valence-corrected chi connectivity index (χ3v) is 5.85. The third kappa shape index (κ3) is 6.15. The average Bonchev–Trinajstić information content (AvgIpc) is 2.63. The molecule has 152 valence electrons. The predicted molar refractivity (Wildman–Crippen MR) is 111 cm³/mol. The topological polar surface area (TPSA) is 92.5 Å². The molecule has 0 aliphatic rings. The molecule has 7 heteroatoms. The van der Waals surface area contributed by atoms with E-state index in [2.05, 4.69) is 37.4 Å². The Morgan fingerprint density at radius 3 is 2.36 bits per heavy atom. The van der Waals surface area contributed by atoms with Crippen LogP contribution in [0.3, 0.4) is 0 Å². The maximum absolute atomic E-state index is 12.4. The molecule has 0 aliphatic heterocycles. The summed E-state index contributed by atoms with van der Waals surface area (Å²) >= 11 is 0. The number of nitrogens with two attached hydrogens (primary N) is 1. The van der Waals surface area contributed by atoms with E-state index in [1.165, 1.54) is 28.8 Å². The zero-order chi connectivity index (χ0) is 20.9. The van der Waals surface area contributed by atoms with Gasteiger partial charge < -0.3 is 5.32 Å². The Hall–Kier alpha value is -2.22. The lowest BCUT2D eigenvalue weighted by Crippen LogP contribution is -2.43. The van der Waals surface area contributed by atoms with Gasteiger partial charge >= 0.3 is 0 Å². The van der Waals surface area contributed by atoms with Crippen molar-refractivity contribution in [1.29, 1.82) is 0 Å². The van der Waals surface area contributed by atoms with E-state index in [1.54, 1.807) is 12.1 Å². The van der Waals surface area contributed by atoms with Crippen molar-refractivity contribution in [3.63, 3.8) is 0 Å². The van der Waals surface area contributed by atoms with Gasteiger partial charge in [-0.15, -0.1) is 0 Å². The van der Waals surface area contributed by atoms with Crippen LogP contribution in [-0.2, 0) is 27.8 Å². The molecule has 2 rings (SSSR count). The van der Waals surface area contributed by atoms with Crippen LogP contribution in [0.2, 0.25) is 0 Å². The zero-order valence-electron chi connectivity index (χ0n) is 16.9. The van der Waals surface area contributed by atoms with E-state index < -0.39 is 10.0 Å². The molecule has 2 aromatic carbocycles. The fourth-order valence-corrected chi connectivity index (χ4v) is 3.47. The van der Waals surface area contributed by atoms with Gasteiger partial charge in [0, 0.05) is 13.1 Å². The van der Waals surface area contributed by atoms with Gasteiger partial charge in [0.25, 0.3) is 0 Å². The molecule has 0 aromatic heterocycles. The monoisotopic (exact) mass is 403 g/mol. The highest BCUT2D eigenvalue weighted by atomic mass is 32.2. The summed E-state index contributed by atoms with van der Waals surface area (Å²) < 4.78 is 22.5. The number of nitrogens with one attached hydrogen (secondary N) is 1. The number of primary sulfonamides is 1. The number of nitrogens with zero attached hydrogens (tertiary/aromatic N) is 1. The number of carbonyl (C=O) groups excluding carboxylic acids is 1. The van der Waals surface area contributed by atoms with E-state index in [0.717, 1.165) is 5.56 Å². The summed E-state index contributed by atoms with van der Waals surface area (Å²) in [5.74, 6) is -0.0339. The second-order valence-corrected chi connectivity index (χ2v) is 8.81. The minimum atomic E-state index is -3.68. The van der Waals surface area contributed by atoms with Crippen LogP contribution in [-0.4, -0.2) is 38.9 Å². The number of aryl methyl sites for hydroxylation is 2. The number of rotatable bonds is 8. The summed E-state index contributed by atoms with van der Waals surface area (Å²) in [6, 6.07) is 12.5. The Bertz CT molecular complexity index is 924. The van der Waals surface area contributed by atoms with Crippen molar-refractivity contribution in [2.45, 2.75) is 44.7 Å². The number of sulfonamides is 1. The van der Waals surface area contributed by atoms with Gasteiger partial charge in [-0.2, -0.15) is 0 Å². The normalized spacial score (nSPS) is 12.8. The largest absolute Gasteiger partial charge is 0.354 e. The van der Waals surface area contributed by atoms with Gasteiger partial charge in [-0.25, -0.2) is 13.6 Å². The molecule has 6 nitrogen and oxygen atoms in total. The van der Waals surface area contributed by atoms with Gasteiger partial charge in [-0.1, -0.05) is 35.9 Å². The van der Waals surface area contributed by atoms with Crippen LogP contribution >= 0.6 is 0 Å². The van der Waals surface area contributed by atoms with Crippen molar-refractivity contribution in [1.82, 2.24) is 10.2 Å². The highest BCUT2D eigenvalue weighted by Crippen LogP contribution is 2.14. The van der Waals surface area contributed by atoms with Gasteiger partial charge in [0.2, 0.25) is 15.9 Å². The molecule has 0 radical (unpaired) electrons. The zero-order valence-corrected chi connectivity index (χ0v) is 17.7. The Balaban J connectivity index is 1.84. The summed E-state index contributed by atoms with van der Waals surface area (Å²) in [6.45, 7) is 7.23. The molecule has 0 bridgehead atoms. The number of likely N-dealkylation sites (N-methyl/N-ethyl adjacent to an activating group) is 1. The van der Waals surface area contributed by atoms with E-state index in [0.29, 0.717) is 19.5 Å². The Morgan fingerprint density at radius 1 is 1.14 bits per heavy atom. The fraction of sp³-hybridized carbons (Fsp3) is 0.381. The third-order valence-electron chi connectivity index (χ3n) is 4.92. The first kappa shape index (κ1) is 22.1. The van der Waals surface area contributed by atoms with Crippen molar-refractivity contribution in [2.24, 2.45) is 5.14 Å². The summed E-state index contributed by atoms with van der Waals surface area (Å²) in [4.78, 5) is 14.5. The fourth-order valence-electron chi connectivity index (χ4n) is 2.95. The Kier molecular flexibility index (Phi) is 7.35. The summed E-state index contributed by atoms with van der Waals surface area (Å²) in [6.07, 6.45) is 0.615. The minimum absolute atomic E-state index is 0.0339. The van der Waals surface area contributed by atoms with Crippen molar-refractivity contribution >= 4 is 15.9 Å². The number of carbonyl (C=O) groups is 1. The predicted octanol–water partition coefficient (Wildman–Crippen LogP) is 2.13. The van der Waals surface area contributed by atoms with E-state index in [1.807, 2.05) is 18.9 Å². The first-order valence-corrected chi connectivity index (χ1v) is 10.8. The van der Waals surface area contributed by atoms with Crippen LogP contribution in [0.15, 0.2) is 47.4 Å². The van der Waals surface area contributed by atoms with E-state index >= 15 is 0 Å². The quantitative estimate of drug-likeness (QED) is 0.706. The molecule has 0 saturated heterocycles. The lowest BCUT2D eigenvalue weighted by Gasteiger charge is -2.24. The van der Waals surface area contributed by atoms with Crippen LogP contribution in [0.25, 0.3) is 0 Å². The Morgan fingerprint density at radius 2 is 1.79 bits per heavy atom. The van der Waals surface area contributed by atoms with E-state index in [-0.39, 0.29) is 16.8 Å². The van der Waals surface area contributed by atoms with Gasteiger partial charge in [0.1, 0.15) is 0 Å². The van der Waals surface area contributed by atoms with Crippen LogP contribution < -0.4 is 10.5 Å². The van der Waals surface area contributed by atoms with Gasteiger partial charge in [0.15, 0.2) is 0 Å². The SMILES string of the molecule is Cc1ccc(CN(C)C(C)C(=O)NCCc2ccc(S(N)(=O)=O)cc2)c(C)c1. The van der Waals surface area contributed by atoms with E-state index in [9.17, 15) is 13.2 Å². The minimum Gasteiger partial charge on any atom is -0.354 e. The number of benzene rings is 2. The smallest absolute Gasteiger partial charge is 0.238 e.